The number of aliphatic hydroxyl groups excluding tert-OH is 8. The fourth-order valence-corrected chi connectivity index (χ4v) is 9.95. The first kappa shape index (κ1) is 45.3. The lowest BCUT2D eigenvalue weighted by Crippen LogP contribution is -2.60. The quantitative estimate of drug-likeness (QED) is 0.0716. The van der Waals surface area contributed by atoms with Crippen molar-refractivity contribution < 1.29 is 69.4 Å². The number of hydrogen-bond donors (Lipinski definition) is 9. The summed E-state index contributed by atoms with van der Waals surface area (Å²) in [4.78, 5) is 32.5. The van der Waals surface area contributed by atoms with E-state index in [2.05, 4.69) is 0 Å². The number of nitrogens with two attached hydrogens (primary N) is 1. The molecule has 65 heavy (non-hydrogen) atoms. The van der Waals surface area contributed by atoms with Gasteiger partial charge in [0, 0.05) is 76.4 Å². The zero-order chi connectivity index (χ0) is 46.0. The van der Waals surface area contributed by atoms with Crippen molar-refractivity contribution in [2.45, 2.75) is 73.2 Å². The second-order valence-corrected chi connectivity index (χ2v) is 17.3. The van der Waals surface area contributed by atoms with Gasteiger partial charge in [-0.3, -0.25) is 9.59 Å². The number of alkyl halides is 2. The maximum atomic E-state index is 14.8. The van der Waals surface area contributed by atoms with E-state index in [1.165, 1.54) is 28.0 Å². The molecule has 19 heteroatoms. The Morgan fingerprint density at radius 1 is 0.585 bits per heavy atom. The molecule has 2 fully saturated rings. The van der Waals surface area contributed by atoms with Crippen molar-refractivity contribution >= 4 is 73.6 Å². The summed E-state index contributed by atoms with van der Waals surface area (Å²) in [5.41, 5.74) is 9.07. The Morgan fingerprint density at radius 2 is 0.969 bits per heavy atom. The molecule has 4 aliphatic heterocycles. The van der Waals surface area contributed by atoms with Crippen molar-refractivity contribution in [1.82, 2.24) is 0 Å². The van der Waals surface area contributed by atoms with Gasteiger partial charge in [-0.1, -0.05) is 48.5 Å². The van der Waals surface area contributed by atoms with Gasteiger partial charge in [0.2, 0.25) is 12.6 Å². The van der Waals surface area contributed by atoms with Gasteiger partial charge < -0.3 is 75.3 Å². The van der Waals surface area contributed by atoms with Crippen LogP contribution in [0.25, 0.3) is 21.5 Å². The van der Waals surface area contributed by atoms with E-state index >= 15 is 0 Å². The molecule has 2 saturated heterocycles. The number of ether oxygens (including phenoxy) is 4. The SMILES string of the molecule is Nc1cc(C(=O)N2C[C@@H](CCl)c3c2cc(O[C@H]2O[C@@H](CO)[C@@H](O)[C@@H](O)[C@@H]2O)c2ccccc32)cc(C(=O)N2C[C@@H](CCl)c3c2cc(O[C@@H]2O[C@H](CO)[C@H](O)[C@H](O)[C@H]2O)c2ccccc32)c1. The standard InChI is InChI=1S/C46H47Cl2N3O14/c47-14-22-16-50(29-12-31(25-5-1-3-7-27(25)35(22)29)62-45-41(58)39(56)37(54)33(18-52)64-45)43(60)20-9-21(11-24(49)10-20)44(61)51-17-23(15-48)36-28-8-4-2-6-26(28)32(13-30(36)51)63-46-42(59)40(57)38(55)34(19-53)65-46/h1-13,22-23,33-34,37-42,45-46,52-59H,14-19,49H2/t22-,23-,33-,34+,37+,38-,39+,40-,41-,42+,45-,46+/m1/s1. The number of anilines is 3. The van der Waals surface area contributed by atoms with E-state index < -0.39 is 86.4 Å². The van der Waals surface area contributed by atoms with E-state index in [-0.39, 0.29) is 65.0 Å². The molecule has 9 rings (SSSR count). The molecule has 4 aliphatic rings. The van der Waals surface area contributed by atoms with Crippen LogP contribution in [0.1, 0.15) is 43.7 Å². The largest absolute Gasteiger partial charge is 0.461 e. The highest BCUT2D eigenvalue weighted by Crippen LogP contribution is 2.49. The number of amides is 2. The van der Waals surface area contributed by atoms with Crippen LogP contribution in [0, 0.1) is 0 Å². The number of carbonyl (C=O) groups excluding carboxylic acids is 2. The number of rotatable bonds is 10. The third kappa shape index (κ3) is 7.82. The zero-order valence-electron chi connectivity index (χ0n) is 34.4. The van der Waals surface area contributed by atoms with Crippen LogP contribution in [0.15, 0.2) is 78.9 Å². The topological polar surface area (TPSA) is 265 Å². The Kier molecular flexibility index (Phi) is 12.6. The molecule has 0 saturated carbocycles. The van der Waals surface area contributed by atoms with Crippen LogP contribution in [0.4, 0.5) is 17.1 Å². The number of fused-ring (bicyclic) bond motifs is 6. The number of hydrogen-bond acceptors (Lipinski definition) is 15. The third-order valence-corrected chi connectivity index (χ3v) is 13.5. The van der Waals surface area contributed by atoms with Crippen LogP contribution < -0.4 is 25.0 Å². The first-order valence-electron chi connectivity index (χ1n) is 21.0. The van der Waals surface area contributed by atoms with Crippen LogP contribution in [0.2, 0.25) is 0 Å². The zero-order valence-corrected chi connectivity index (χ0v) is 35.9. The van der Waals surface area contributed by atoms with E-state index in [0.29, 0.717) is 32.9 Å². The Balaban J connectivity index is 1.06. The molecule has 344 valence electrons. The van der Waals surface area contributed by atoms with E-state index in [4.69, 9.17) is 47.9 Å². The smallest absolute Gasteiger partial charge is 0.258 e. The van der Waals surface area contributed by atoms with E-state index in [0.717, 1.165) is 11.1 Å². The minimum absolute atomic E-state index is 0.0811. The van der Waals surface area contributed by atoms with Crippen LogP contribution in [-0.2, 0) is 9.47 Å². The van der Waals surface area contributed by atoms with Gasteiger partial charge >= 0.3 is 0 Å². The molecule has 5 aromatic carbocycles. The minimum atomic E-state index is -1.70. The molecule has 0 bridgehead atoms. The predicted molar refractivity (Wildman–Crippen MR) is 238 cm³/mol. The molecule has 4 heterocycles. The van der Waals surface area contributed by atoms with Gasteiger partial charge in [0.25, 0.3) is 11.8 Å². The summed E-state index contributed by atoms with van der Waals surface area (Å²) in [5, 5.41) is 85.5. The molecule has 17 nitrogen and oxygen atoms in total. The average Bonchev–Trinajstić information content (AvgIpc) is 3.89. The first-order valence-corrected chi connectivity index (χ1v) is 22.1. The molecule has 10 N–H and O–H groups in total. The molecule has 5 aromatic rings. The monoisotopic (exact) mass is 935 g/mol. The normalized spacial score (nSPS) is 29.8. The van der Waals surface area contributed by atoms with E-state index in [1.807, 2.05) is 24.3 Å². The van der Waals surface area contributed by atoms with Crippen molar-refractivity contribution in [1.29, 1.82) is 0 Å². The van der Waals surface area contributed by atoms with Crippen molar-refractivity contribution in [3.05, 3.63) is 101 Å². The highest BCUT2D eigenvalue weighted by molar-refractivity contribution is 6.20. The highest BCUT2D eigenvalue weighted by Gasteiger charge is 2.47. The number of halogens is 2. The average molecular weight is 937 g/mol. The predicted octanol–water partition coefficient (Wildman–Crippen LogP) is 1.90. The Hall–Kier alpha value is -4.86. The number of carbonyl (C=O) groups is 2. The lowest BCUT2D eigenvalue weighted by atomic mass is 9.95. The van der Waals surface area contributed by atoms with Crippen LogP contribution in [-0.4, -0.2) is 152 Å². The van der Waals surface area contributed by atoms with E-state index in [1.54, 1.807) is 36.4 Å². The Morgan fingerprint density at radius 3 is 1.34 bits per heavy atom. The Labute approximate surface area is 381 Å². The highest BCUT2D eigenvalue weighted by atomic mass is 35.5. The molecule has 0 radical (unpaired) electrons. The van der Waals surface area contributed by atoms with Gasteiger partial charge in [-0.05, 0) is 40.1 Å². The summed E-state index contributed by atoms with van der Waals surface area (Å²) in [7, 11) is 0. The van der Waals surface area contributed by atoms with E-state index in [9.17, 15) is 50.4 Å². The molecule has 2 amide bonds. The van der Waals surface area contributed by atoms with Crippen molar-refractivity contribution in [3.8, 4) is 11.5 Å². The fraction of sp³-hybridized carbons (Fsp3) is 0.391. The summed E-state index contributed by atoms with van der Waals surface area (Å²) in [6.45, 7) is -1.03. The van der Waals surface area contributed by atoms with Crippen molar-refractivity contribution in [3.63, 3.8) is 0 Å². The molecule has 0 aliphatic carbocycles. The van der Waals surface area contributed by atoms with Gasteiger partial charge in [-0.2, -0.15) is 0 Å². The van der Waals surface area contributed by atoms with Crippen LogP contribution in [0.5, 0.6) is 11.5 Å². The van der Waals surface area contributed by atoms with Gasteiger partial charge in [0.05, 0.1) is 24.6 Å². The lowest BCUT2D eigenvalue weighted by Gasteiger charge is -2.39. The number of nitrogen functional groups attached to an aromatic ring is 1. The van der Waals surface area contributed by atoms with Crippen LogP contribution >= 0.6 is 23.2 Å². The van der Waals surface area contributed by atoms with Gasteiger partial charge in [-0.15, -0.1) is 23.2 Å². The summed E-state index contributed by atoms with van der Waals surface area (Å²) < 4.78 is 23.7. The summed E-state index contributed by atoms with van der Waals surface area (Å²) in [5.74, 6) is -1.10. The van der Waals surface area contributed by atoms with Crippen molar-refractivity contribution in [2.24, 2.45) is 0 Å². The van der Waals surface area contributed by atoms with Crippen LogP contribution in [0.3, 0.4) is 0 Å². The maximum absolute atomic E-state index is 14.8. The number of benzene rings is 5. The van der Waals surface area contributed by atoms with Gasteiger partial charge in [-0.25, -0.2) is 0 Å². The number of nitrogens with zero attached hydrogens (tertiary/aromatic N) is 2. The molecule has 0 unspecified atom stereocenters. The molecule has 0 aromatic heterocycles. The molecule has 0 spiro atoms. The second-order valence-electron chi connectivity index (χ2n) is 16.7. The lowest BCUT2D eigenvalue weighted by molar-refractivity contribution is -0.277. The van der Waals surface area contributed by atoms with Crippen molar-refractivity contribution in [2.75, 3.05) is 53.6 Å². The maximum Gasteiger partial charge on any atom is 0.258 e. The third-order valence-electron chi connectivity index (χ3n) is 12.8. The summed E-state index contributed by atoms with van der Waals surface area (Å²) >= 11 is 13.1. The van der Waals surface area contributed by atoms with Gasteiger partial charge in [0.15, 0.2) is 0 Å². The fourth-order valence-electron chi connectivity index (χ4n) is 9.45. The molecule has 12 atom stereocenters. The Bertz CT molecular complexity index is 2460. The second kappa shape index (κ2) is 18.1. The number of aliphatic hydroxyl groups is 8. The minimum Gasteiger partial charge on any atom is -0.461 e. The molecular formula is C46H47Cl2N3O14. The summed E-state index contributed by atoms with van der Waals surface area (Å²) in [6, 6.07) is 22.0. The molecular weight excluding hydrogens is 889 g/mol. The van der Waals surface area contributed by atoms with Gasteiger partial charge in [0.1, 0.15) is 60.3 Å². The summed E-state index contributed by atoms with van der Waals surface area (Å²) in [6.07, 6.45) is -15.4. The first-order chi connectivity index (χ1) is 31.3.